The average molecular weight is 250 g/mol. The molecule has 0 aromatic heterocycles. The van der Waals surface area contributed by atoms with E-state index in [1.165, 1.54) is 18.4 Å². The number of methoxy groups -OCH3 is 1. The van der Waals surface area contributed by atoms with Crippen LogP contribution in [0.1, 0.15) is 31.7 Å². The molecule has 0 bridgehead atoms. The Morgan fingerprint density at radius 1 is 1.22 bits per heavy atom. The van der Waals surface area contributed by atoms with E-state index in [9.17, 15) is 0 Å². The Kier molecular flexibility index (Phi) is 6.76. The number of benzene rings is 1. The van der Waals surface area contributed by atoms with E-state index in [0.717, 1.165) is 18.6 Å². The van der Waals surface area contributed by atoms with Gasteiger partial charge in [-0.05, 0) is 42.9 Å². The Morgan fingerprint density at radius 2 is 1.89 bits per heavy atom. The predicted octanol–water partition coefficient (Wildman–Crippen LogP) is 2.33. The van der Waals surface area contributed by atoms with Gasteiger partial charge in [0.1, 0.15) is 5.75 Å². The highest BCUT2D eigenvalue weighted by molar-refractivity contribution is 5.27. The van der Waals surface area contributed by atoms with E-state index in [1.54, 1.807) is 7.11 Å². The number of aryl methyl sites for hydroxylation is 1. The highest BCUT2D eigenvalue weighted by atomic mass is 16.5. The largest absolute Gasteiger partial charge is 0.497 e. The normalized spacial score (nSPS) is 14.2. The minimum atomic E-state index is 0.154. The third kappa shape index (κ3) is 5.52. The monoisotopic (exact) mass is 250 g/mol. The second-order valence-electron chi connectivity index (χ2n) is 5.08. The van der Waals surface area contributed by atoms with E-state index in [2.05, 4.69) is 19.1 Å². The molecule has 0 aliphatic carbocycles. The molecule has 0 fully saturated rings. The van der Waals surface area contributed by atoms with Gasteiger partial charge in [-0.15, -0.1) is 0 Å². The molecule has 0 aliphatic rings. The zero-order valence-electron chi connectivity index (χ0n) is 11.6. The molecule has 3 heteroatoms. The van der Waals surface area contributed by atoms with Crippen LogP contribution in [0.15, 0.2) is 24.3 Å². The van der Waals surface area contributed by atoms with Crippen molar-refractivity contribution < 1.29 is 4.74 Å². The maximum absolute atomic E-state index is 5.85. The van der Waals surface area contributed by atoms with Crippen LogP contribution in [-0.4, -0.2) is 19.7 Å². The first-order valence-corrected chi connectivity index (χ1v) is 6.74. The van der Waals surface area contributed by atoms with Crippen molar-refractivity contribution in [3.63, 3.8) is 0 Å². The van der Waals surface area contributed by atoms with Crippen LogP contribution in [-0.2, 0) is 6.42 Å². The molecule has 0 radical (unpaired) electrons. The minimum absolute atomic E-state index is 0.154. The fraction of sp³-hybridized carbons (Fsp3) is 0.600. The molecule has 2 unspecified atom stereocenters. The van der Waals surface area contributed by atoms with Gasteiger partial charge in [-0.25, -0.2) is 0 Å². The first-order valence-electron chi connectivity index (χ1n) is 6.74. The number of nitrogens with two attached hydrogens (primary N) is 2. The second-order valence-corrected chi connectivity index (χ2v) is 5.08. The summed E-state index contributed by atoms with van der Waals surface area (Å²) in [7, 11) is 1.69. The Labute approximate surface area is 111 Å². The average Bonchev–Trinajstić information content (AvgIpc) is 2.39. The summed E-state index contributed by atoms with van der Waals surface area (Å²) in [6.07, 6.45) is 4.55. The lowest BCUT2D eigenvalue weighted by Crippen LogP contribution is -2.31. The van der Waals surface area contributed by atoms with Crippen molar-refractivity contribution in [3.05, 3.63) is 29.8 Å². The number of ether oxygens (including phenoxy) is 1. The third-order valence-corrected chi connectivity index (χ3v) is 3.33. The maximum atomic E-state index is 5.85. The van der Waals surface area contributed by atoms with Crippen LogP contribution >= 0.6 is 0 Å². The molecule has 0 saturated heterocycles. The predicted molar refractivity (Wildman–Crippen MR) is 76.7 cm³/mol. The number of hydrogen-bond donors (Lipinski definition) is 2. The Morgan fingerprint density at radius 3 is 2.44 bits per heavy atom. The summed E-state index contributed by atoms with van der Waals surface area (Å²) in [6.45, 7) is 2.84. The van der Waals surface area contributed by atoms with Gasteiger partial charge in [-0.3, -0.25) is 0 Å². The Balaban J connectivity index is 2.24. The van der Waals surface area contributed by atoms with Crippen molar-refractivity contribution in [3.8, 4) is 5.75 Å². The van der Waals surface area contributed by atoms with Gasteiger partial charge in [0.25, 0.3) is 0 Å². The summed E-state index contributed by atoms with van der Waals surface area (Å²) in [5.74, 6) is 1.57. The molecule has 0 heterocycles. The molecule has 1 rings (SSSR count). The number of rotatable bonds is 8. The van der Waals surface area contributed by atoms with Gasteiger partial charge in [0.15, 0.2) is 0 Å². The van der Waals surface area contributed by atoms with Gasteiger partial charge in [0.05, 0.1) is 7.11 Å². The lowest BCUT2D eigenvalue weighted by atomic mass is 9.95. The minimum Gasteiger partial charge on any atom is -0.497 e. The molecule has 0 spiro atoms. The molecule has 1 aromatic carbocycles. The molecule has 0 saturated carbocycles. The van der Waals surface area contributed by atoms with E-state index >= 15 is 0 Å². The fourth-order valence-electron chi connectivity index (χ4n) is 2.18. The van der Waals surface area contributed by atoms with Crippen LogP contribution < -0.4 is 16.2 Å². The summed E-state index contributed by atoms with van der Waals surface area (Å²) >= 11 is 0. The molecule has 102 valence electrons. The second kappa shape index (κ2) is 8.11. The van der Waals surface area contributed by atoms with Crippen molar-refractivity contribution in [1.29, 1.82) is 0 Å². The van der Waals surface area contributed by atoms with Gasteiger partial charge >= 0.3 is 0 Å². The molecular weight excluding hydrogens is 224 g/mol. The van der Waals surface area contributed by atoms with Crippen molar-refractivity contribution >= 4 is 0 Å². The van der Waals surface area contributed by atoms with E-state index < -0.39 is 0 Å². The fourth-order valence-corrected chi connectivity index (χ4v) is 2.18. The van der Waals surface area contributed by atoms with Crippen molar-refractivity contribution in [2.45, 2.75) is 38.6 Å². The standard InChI is InChI=1S/C15H26N2O/c1-12(10-14(17)11-16)4-3-5-13-6-8-15(18-2)9-7-13/h6-9,12,14H,3-5,10-11,16-17H2,1-2H3. The van der Waals surface area contributed by atoms with Gasteiger partial charge in [0, 0.05) is 12.6 Å². The van der Waals surface area contributed by atoms with Crippen LogP contribution in [0.4, 0.5) is 0 Å². The van der Waals surface area contributed by atoms with Gasteiger partial charge in [0.2, 0.25) is 0 Å². The quantitative estimate of drug-likeness (QED) is 0.744. The van der Waals surface area contributed by atoms with Crippen LogP contribution in [0.3, 0.4) is 0 Å². The smallest absolute Gasteiger partial charge is 0.118 e. The van der Waals surface area contributed by atoms with Crippen LogP contribution in [0.5, 0.6) is 5.75 Å². The van der Waals surface area contributed by atoms with Gasteiger partial charge in [-0.2, -0.15) is 0 Å². The molecule has 18 heavy (non-hydrogen) atoms. The summed E-state index contributed by atoms with van der Waals surface area (Å²) in [6, 6.07) is 8.46. The summed E-state index contributed by atoms with van der Waals surface area (Å²) in [5, 5.41) is 0. The highest BCUT2D eigenvalue weighted by Gasteiger charge is 2.07. The zero-order chi connectivity index (χ0) is 13.4. The van der Waals surface area contributed by atoms with Crippen LogP contribution in [0.25, 0.3) is 0 Å². The lowest BCUT2D eigenvalue weighted by Gasteiger charge is -2.15. The third-order valence-electron chi connectivity index (χ3n) is 3.33. The molecule has 0 aliphatic heterocycles. The number of hydrogen-bond acceptors (Lipinski definition) is 3. The van der Waals surface area contributed by atoms with E-state index in [0.29, 0.717) is 12.5 Å². The van der Waals surface area contributed by atoms with E-state index in [1.807, 2.05) is 12.1 Å². The molecule has 1 aromatic rings. The maximum Gasteiger partial charge on any atom is 0.118 e. The molecule has 0 amide bonds. The summed E-state index contributed by atoms with van der Waals surface area (Å²) in [5.41, 5.74) is 12.7. The zero-order valence-corrected chi connectivity index (χ0v) is 11.6. The molecule has 3 nitrogen and oxygen atoms in total. The topological polar surface area (TPSA) is 61.3 Å². The SMILES string of the molecule is COc1ccc(CCCC(C)CC(N)CN)cc1. The van der Waals surface area contributed by atoms with Crippen molar-refractivity contribution in [2.24, 2.45) is 17.4 Å². The Bertz CT molecular complexity index is 324. The van der Waals surface area contributed by atoms with Crippen molar-refractivity contribution in [2.75, 3.05) is 13.7 Å². The van der Waals surface area contributed by atoms with Crippen LogP contribution in [0.2, 0.25) is 0 Å². The first-order chi connectivity index (χ1) is 8.65. The molecular formula is C15H26N2O. The lowest BCUT2D eigenvalue weighted by molar-refractivity contribution is 0.414. The first kappa shape index (κ1) is 15.0. The molecule has 4 N–H and O–H groups in total. The summed E-state index contributed by atoms with van der Waals surface area (Å²) < 4.78 is 5.14. The van der Waals surface area contributed by atoms with E-state index in [4.69, 9.17) is 16.2 Å². The Hall–Kier alpha value is -1.06. The van der Waals surface area contributed by atoms with Gasteiger partial charge in [-0.1, -0.05) is 25.5 Å². The van der Waals surface area contributed by atoms with Crippen molar-refractivity contribution in [1.82, 2.24) is 0 Å². The van der Waals surface area contributed by atoms with E-state index in [-0.39, 0.29) is 6.04 Å². The summed E-state index contributed by atoms with van der Waals surface area (Å²) in [4.78, 5) is 0. The molecule has 2 atom stereocenters. The van der Waals surface area contributed by atoms with Gasteiger partial charge < -0.3 is 16.2 Å². The highest BCUT2D eigenvalue weighted by Crippen LogP contribution is 2.16. The van der Waals surface area contributed by atoms with Crippen LogP contribution in [0, 0.1) is 5.92 Å².